The van der Waals surface area contributed by atoms with E-state index in [1.807, 2.05) is 0 Å². The Morgan fingerprint density at radius 1 is 1.17 bits per heavy atom. The van der Waals surface area contributed by atoms with E-state index in [4.69, 9.17) is 44.7 Å². The van der Waals surface area contributed by atoms with Crippen LogP contribution in [0.2, 0.25) is 0 Å². The highest BCUT2D eigenvalue weighted by Gasteiger charge is 2.24. The Kier molecular flexibility index (Phi) is 3.32. The molecule has 35 valence electrons. The second kappa shape index (κ2) is 2.68. The summed E-state index contributed by atoms with van der Waals surface area (Å²) >= 11 is 20.6. The predicted molar refractivity (Wildman–Crippen MR) is 34.9 cm³/mol. The molecule has 0 nitrogen and oxygen atoms in total. The molecule has 6 heteroatoms. The Labute approximate surface area is 56.9 Å². The monoisotopic (exact) mass is 179 g/mol. The van der Waals surface area contributed by atoms with Gasteiger partial charge in [-0.1, -0.05) is 0 Å². The van der Waals surface area contributed by atoms with Crippen molar-refractivity contribution in [3.05, 3.63) is 0 Å². The second-order valence-corrected chi connectivity index (χ2v) is 9.71. The molecule has 0 amide bonds. The zero-order chi connectivity index (χ0) is 5.21. The SMILES string of the molecule is Cl[B][Si](Cl)(Cl)Cl. The van der Waals surface area contributed by atoms with Crippen LogP contribution in [-0.4, -0.2) is 12.2 Å². The van der Waals surface area contributed by atoms with Gasteiger partial charge in [0.1, 0.15) is 0 Å². The molecule has 0 saturated carbocycles. The third-order valence-electron chi connectivity index (χ3n) is 0.124. The van der Waals surface area contributed by atoms with Crippen molar-refractivity contribution in [2.75, 3.05) is 0 Å². The summed E-state index contributed by atoms with van der Waals surface area (Å²) in [5.41, 5.74) is 0. The number of rotatable bonds is 1. The van der Waals surface area contributed by atoms with Gasteiger partial charge >= 0.3 is 5.87 Å². The molecule has 0 spiro atoms. The minimum atomic E-state index is -2.57. The smallest absolute Gasteiger partial charge is 0.203 e. The van der Waals surface area contributed by atoms with Crippen LogP contribution in [0.4, 0.5) is 0 Å². The Morgan fingerprint density at radius 3 is 1.33 bits per heavy atom. The van der Waals surface area contributed by atoms with Gasteiger partial charge in [0.25, 0.3) is 6.29 Å². The van der Waals surface area contributed by atoms with Crippen LogP contribution in [-0.2, 0) is 0 Å². The van der Waals surface area contributed by atoms with Crippen LogP contribution in [0.1, 0.15) is 0 Å². The molecule has 0 aliphatic carbocycles. The van der Waals surface area contributed by atoms with Crippen molar-refractivity contribution in [2.45, 2.75) is 0 Å². The first-order chi connectivity index (χ1) is 2.56. The first-order valence-electron chi connectivity index (χ1n) is 1.07. The summed E-state index contributed by atoms with van der Waals surface area (Å²) in [5, 5.41) is 0. The first-order valence-corrected chi connectivity index (χ1v) is 6.62. The van der Waals surface area contributed by atoms with Gasteiger partial charge in [-0.3, -0.25) is 0 Å². The van der Waals surface area contributed by atoms with Gasteiger partial charge in [-0.25, -0.2) is 11.5 Å². The first kappa shape index (κ1) is 7.44. The van der Waals surface area contributed by atoms with E-state index in [1.54, 1.807) is 0 Å². The predicted octanol–water partition coefficient (Wildman–Crippen LogP) is 2.00. The van der Waals surface area contributed by atoms with E-state index < -0.39 is 5.87 Å². The van der Waals surface area contributed by atoms with Crippen LogP contribution < -0.4 is 0 Å². The highest BCUT2D eigenvalue weighted by molar-refractivity contribution is 7.87. The minimum absolute atomic E-state index is 1.09. The average molecular weight is 181 g/mol. The maximum atomic E-state index is 5.20. The van der Waals surface area contributed by atoms with Crippen LogP contribution in [0.25, 0.3) is 0 Å². The van der Waals surface area contributed by atoms with Crippen molar-refractivity contribution in [2.24, 2.45) is 0 Å². The fourth-order valence-corrected chi connectivity index (χ4v) is 0. The van der Waals surface area contributed by atoms with E-state index >= 15 is 0 Å². The molecule has 0 atom stereocenters. The quantitative estimate of drug-likeness (QED) is 0.428. The van der Waals surface area contributed by atoms with Gasteiger partial charge in [-0.2, -0.15) is 0 Å². The van der Waals surface area contributed by atoms with Crippen molar-refractivity contribution in [1.82, 2.24) is 0 Å². The third-order valence-corrected chi connectivity index (χ3v) is 3.34. The Balaban J connectivity index is 3.17. The van der Waals surface area contributed by atoms with Crippen molar-refractivity contribution in [1.29, 1.82) is 0 Å². The van der Waals surface area contributed by atoms with E-state index in [0.717, 1.165) is 6.29 Å². The van der Waals surface area contributed by atoms with Crippen molar-refractivity contribution >= 4 is 56.9 Å². The summed E-state index contributed by atoms with van der Waals surface area (Å²) in [6, 6.07) is 0. The summed E-state index contributed by atoms with van der Waals surface area (Å²) < 4.78 is 0. The molecule has 0 saturated heterocycles. The van der Waals surface area contributed by atoms with Crippen molar-refractivity contribution in [3.63, 3.8) is 0 Å². The molecule has 0 bridgehead atoms. The summed E-state index contributed by atoms with van der Waals surface area (Å²) in [5.74, 6) is -2.57. The lowest BCUT2D eigenvalue weighted by molar-refractivity contribution is 3.72. The zero-order valence-corrected chi connectivity index (χ0v) is 6.61. The van der Waals surface area contributed by atoms with Gasteiger partial charge in [0.05, 0.1) is 0 Å². The average Bonchev–Trinajstić information content (AvgIpc) is 1.35. The maximum absolute atomic E-state index is 5.20. The standard InChI is InChI=1S/BCl4Si/c2-1-6(3,4)5. The van der Waals surface area contributed by atoms with E-state index in [1.165, 1.54) is 0 Å². The van der Waals surface area contributed by atoms with E-state index in [-0.39, 0.29) is 0 Å². The molecule has 0 aromatic rings. The highest BCUT2D eigenvalue weighted by Crippen LogP contribution is 2.18. The number of halogens is 4. The Morgan fingerprint density at radius 2 is 1.33 bits per heavy atom. The normalized spacial score (nSPS) is 11.3. The molecule has 0 unspecified atom stereocenters. The molecule has 1 radical (unpaired) electrons. The molecule has 0 aromatic carbocycles. The summed E-state index contributed by atoms with van der Waals surface area (Å²) in [4.78, 5) is 0. The molecular formula is BCl4Si. The minimum Gasteiger partial charge on any atom is -0.203 e. The molecule has 0 heterocycles. The lowest BCUT2D eigenvalue weighted by atomic mass is 10.7. The van der Waals surface area contributed by atoms with Crippen LogP contribution in [0.5, 0.6) is 0 Å². The zero-order valence-electron chi connectivity index (χ0n) is 2.59. The van der Waals surface area contributed by atoms with Crippen LogP contribution in [0.3, 0.4) is 0 Å². The fourth-order valence-electron chi connectivity index (χ4n) is 0. The maximum Gasteiger partial charge on any atom is 0.318 e. The van der Waals surface area contributed by atoms with Gasteiger partial charge in [-0.15, -0.1) is 33.2 Å². The molecule has 0 fully saturated rings. The second-order valence-electron chi connectivity index (χ2n) is 0.651. The molecular weight excluding hydrogens is 181 g/mol. The molecule has 0 rings (SSSR count). The molecule has 0 aliphatic heterocycles. The highest BCUT2D eigenvalue weighted by atomic mass is 35.8. The summed E-state index contributed by atoms with van der Waals surface area (Å²) in [6.45, 7) is 0. The summed E-state index contributed by atoms with van der Waals surface area (Å²) in [6.07, 6.45) is 1.09. The van der Waals surface area contributed by atoms with E-state index in [2.05, 4.69) is 0 Å². The van der Waals surface area contributed by atoms with Gasteiger partial charge in [0, 0.05) is 0 Å². The largest absolute Gasteiger partial charge is 0.318 e. The van der Waals surface area contributed by atoms with Crippen LogP contribution >= 0.6 is 44.7 Å². The number of hydrogen-bond acceptors (Lipinski definition) is 0. The van der Waals surface area contributed by atoms with Gasteiger partial charge in [0.2, 0.25) is 0 Å². The fraction of sp³-hybridized carbons (Fsp3) is 0. The van der Waals surface area contributed by atoms with Gasteiger partial charge in [-0.05, 0) is 0 Å². The molecule has 0 aliphatic rings. The van der Waals surface area contributed by atoms with E-state index in [0.29, 0.717) is 0 Å². The molecule has 6 heavy (non-hydrogen) atoms. The van der Waals surface area contributed by atoms with Crippen LogP contribution in [0.15, 0.2) is 0 Å². The molecule has 0 aromatic heterocycles. The summed E-state index contributed by atoms with van der Waals surface area (Å²) in [7, 11) is 0. The number of hydrogen-bond donors (Lipinski definition) is 0. The van der Waals surface area contributed by atoms with Crippen LogP contribution in [0, 0.1) is 0 Å². The van der Waals surface area contributed by atoms with E-state index in [9.17, 15) is 0 Å². The Bertz CT molecular complexity index is 37.3. The van der Waals surface area contributed by atoms with Crippen molar-refractivity contribution in [3.8, 4) is 0 Å². The third kappa shape index (κ3) is 5.44. The lowest BCUT2D eigenvalue weighted by Gasteiger charge is -1.94. The lowest BCUT2D eigenvalue weighted by Crippen LogP contribution is -2.15. The topological polar surface area (TPSA) is 0 Å². The van der Waals surface area contributed by atoms with Gasteiger partial charge < -0.3 is 0 Å². The van der Waals surface area contributed by atoms with Crippen molar-refractivity contribution < 1.29 is 0 Å². The van der Waals surface area contributed by atoms with Gasteiger partial charge in [0.15, 0.2) is 0 Å². The molecule has 0 N–H and O–H groups in total. The Hall–Kier alpha value is 1.44.